The summed E-state index contributed by atoms with van der Waals surface area (Å²) in [6.45, 7) is -0.499. The minimum absolute atomic E-state index is 0.219. The molecule has 0 amide bonds. The van der Waals surface area contributed by atoms with Crippen molar-refractivity contribution in [2.24, 2.45) is 0 Å². The number of ether oxygens (including phenoxy) is 1. The summed E-state index contributed by atoms with van der Waals surface area (Å²) >= 11 is 6.05. The number of halogens is 1. The van der Waals surface area contributed by atoms with Crippen molar-refractivity contribution in [3.63, 3.8) is 0 Å². The lowest BCUT2D eigenvalue weighted by Gasteiger charge is -2.21. The number of nitrogens with zero attached hydrogens (tertiary/aromatic N) is 1. The Morgan fingerprint density at radius 1 is 1.14 bits per heavy atom. The third-order valence-electron chi connectivity index (χ3n) is 3.94. The summed E-state index contributed by atoms with van der Waals surface area (Å²) in [5.41, 5.74) is 1.42. The van der Waals surface area contributed by atoms with Crippen LogP contribution in [0.2, 0.25) is 5.02 Å². The van der Waals surface area contributed by atoms with E-state index in [1.54, 1.807) is 30.3 Å². The van der Waals surface area contributed by atoms with E-state index in [1.165, 1.54) is 0 Å². The molecule has 114 valence electrons. The first-order valence-corrected chi connectivity index (χ1v) is 7.27. The van der Waals surface area contributed by atoms with E-state index in [2.05, 4.69) is 0 Å². The van der Waals surface area contributed by atoms with Gasteiger partial charge in [-0.05, 0) is 24.3 Å². The Labute approximate surface area is 132 Å². The van der Waals surface area contributed by atoms with Crippen molar-refractivity contribution in [3.8, 4) is 11.5 Å². The van der Waals surface area contributed by atoms with Crippen LogP contribution in [0.1, 0.15) is 23.0 Å². The standard InChI is InChI=1S/C16H14ClNO4/c17-10-5-6-16-12(7-10)14(9-19)13(8-18(20)21)11-3-1-2-4-15(11)22-16/h1-7,13-14,19H,8-9H2/t13-,14-/m1/s1. The van der Waals surface area contributed by atoms with E-state index in [9.17, 15) is 15.2 Å². The average Bonchev–Trinajstić information content (AvgIpc) is 2.61. The monoisotopic (exact) mass is 319 g/mol. The van der Waals surface area contributed by atoms with Gasteiger partial charge in [-0.25, -0.2) is 0 Å². The highest BCUT2D eigenvalue weighted by Gasteiger charge is 2.35. The summed E-state index contributed by atoms with van der Waals surface area (Å²) in [7, 11) is 0. The highest BCUT2D eigenvalue weighted by atomic mass is 35.5. The van der Waals surface area contributed by atoms with Crippen LogP contribution in [0.25, 0.3) is 0 Å². The van der Waals surface area contributed by atoms with Gasteiger partial charge in [0.2, 0.25) is 6.54 Å². The molecule has 22 heavy (non-hydrogen) atoms. The number of nitro groups is 1. The Balaban J connectivity index is 2.20. The average molecular weight is 320 g/mol. The lowest BCUT2D eigenvalue weighted by molar-refractivity contribution is -0.484. The SMILES string of the molecule is O=[N+]([O-])C[C@@H]1c2ccccc2Oc2ccc(Cl)cc2[C@H]1CO. The minimum atomic E-state index is -0.476. The van der Waals surface area contributed by atoms with Gasteiger partial charge >= 0.3 is 0 Å². The van der Waals surface area contributed by atoms with Crippen LogP contribution in [-0.4, -0.2) is 23.2 Å². The molecule has 0 saturated carbocycles. The molecule has 0 spiro atoms. The topological polar surface area (TPSA) is 72.6 Å². The highest BCUT2D eigenvalue weighted by molar-refractivity contribution is 6.30. The second-order valence-corrected chi connectivity index (χ2v) is 5.67. The smallest absolute Gasteiger partial charge is 0.211 e. The number of fused-ring (bicyclic) bond motifs is 2. The maximum absolute atomic E-state index is 11.1. The van der Waals surface area contributed by atoms with E-state index in [4.69, 9.17) is 16.3 Å². The van der Waals surface area contributed by atoms with Gasteiger partial charge in [0, 0.05) is 27.0 Å². The Morgan fingerprint density at radius 3 is 2.59 bits per heavy atom. The van der Waals surface area contributed by atoms with Gasteiger partial charge in [-0.15, -0.1) is 0 Å². The first kappa shape index (κ1) is 14.8. The second kappa shape index (κ2) is 5.94. The molecule has 6 heteroatoms. The van der Waals surface area contributed by atoms with Gasteiger partial charge in [-0.3, -0.25) is 10.1 Å². The van der Waals surface area contributed by atoms with Crippen molar-refractivity contribution in [1.29, 1.82) is 0 Å². The summed E-state index contributed by atoms with van der Waals surface area (Å²) in [5, 5.41) is 21.4. The summed E-state index contributed by atoms with van der Waals surface area (Å²) in [6.07, 6.45) is 0. The molecule has 1 aliphatic heterocycles. The Kier molecular flexibility index (Phi) is 4.00. The number of aliphatic hydroxyl groups is 1. The van der Waals surface area contributed by atoms with E-state index in [1.807, 2.05) is 12.1 Å². The van der Waals surface area contributed by atoms with Crippen LogP contribution in [0.15, 0.2) is 42.5 Å². The van der Waals surface area contributed by atoms with E-state index in [0.717, 1.165) is 5.56 Å². The highest BCUT2D eigenvalue weighted by Crippen LogP contribution is 2.46. The Morgan fingerprint density at radius 2 is 1.86 bits per heavy atom. The van der Waals surface area contributed by atoms with Crippen molar-refractivity contribution in [2.75, 3.05) is 13.2 Å². The summed E-state index contributed by atoms with van der Waals surface area (Å²) < 4.78 is 5.91. The zero-order valence-electron chi connectivity index (χ0n) is 11.6. The predicted octanol–water partition coefficient (Wildman–Crippen LogP) is 3.58. The largest absolute Gasteiger partial charge is 0.457 e. The number of para-hydroxylation sites is 1. The molecule has 1 N–H and O–H groups in total. The number of hydrogen-bond acceptors (Lipinski definition) is 4. The van der Waals surface area contributed by atoms with Crippen molar-refractivity contribution >= 4 is 11.6 Å². The molecule has 0 unspecified atom stereocenters. The van der Waals surface area contributed by atoms with Crippen LogP contribution in [0.5, 0.6) is 11.5 Å². The maximum Gasteiger partial charge on any atom is 0.211 e. The number of hydrogen-bond donors (Lipinski definition) is 1. The fourth-order valence-corrected chi connectivity index (χ4v) is 3.13. The third-order valence-corrected chi connectivity index (χ3v) is 4.17. The van der Waals surface area contributed by atoms with Crippen LogP contribution in [-0.2, 0) is 0 Å². The van der Waals surface area contributed by atoms with Crippen LogP contribution in [0.4, 0.5) is 0 Å². The molecule has 3 rings (SSSR count). The maximum atomic E-state index is 11.1. The van der Waals surface area contributed by atoms with E-state index in [0.29, 0.717) is 22.1 Å². The van der Waals surface area contributed by atoms with Crippen LogP contribution in [0, 0.1) is 10.1 Å². The summed E-state index contributed by atoms with van der Waals surface area (Å²) in [4.78, 5) is 10.7. The van der Waals surface area contributed by atoms with Gasteiger partial charge in [-0.1, -0.05) is 29.8 Å². The molecule has 0 aromatic heterocycles. The molecule has 1 heterocycles. The van der Waals surface area contributed by atoms with E-state index >= 15 is 0 Å². The second-order valence-electron chi connectivity index (χ2n) is 5.23. The first-order valence-electron chi connectivity index (χ1n) is 6.89. The van der Waals surface area contributed by atoms with Gasteiger partial charge in [0.1, 0.15) is 11.5 Å². The Bertz CT molecular complexity index is 719. The lowest BCUT2D eigenvalue weighted by atomic mass is 9.82. The van der Waals surface area contributed by atoms with Crippen molar-refractivity contribution in [1.82, 2.24) is 0 Å². The molecule has 0 saturated heterocycles. The number of aliphatic hydroxyl groups excluding tert-OH is 1. The van der Waals surface area contributed by atoms with E-state index < -0.39 is 11.8 Å². The van der Waals surface area contributed by atoms with Gasteiger partial charge in [0.05, 0.1) is 12.5 Å². The van der Waals surface area contributed by atoms with Crippen LogP contribution in [0.3, 0.4) is 0 Å². The van der Waals surface area contributed by atoms with Gasteiger partial charge in [-0.2, -0.15) is 0 Å². The molecular weight excluding hydrogens is 306 g/mol. The van der Waals surface area contributed by atoms with E-state index in [-0.39, 0.29) is 18.1 Å². The first-order chi connectivity index (χ1) is 10.6. The zero-order chi connectivity index (χ0) is 15.7. The van der Waals surface area contributed by atoms with Gasteiger partial charge < -0.3 is 9.84 Å². The molecule has 2 aromatic carbocycles. The molecule has 5 nitrogen and oxygen atoms in total. The molecule has 0 fully saturated rings. The fraction of sp³-hybridized carbons (Fsp3) is 0.250. The molecule has 2 aromatic rings. The number of benzene rings is 2. The van der Waals surface area contributed by atoms with Crippen LogP contribution < -0.4 is 4.74 Å². The van der Waals surface area contributed by atoms with Gasteiger partial charge in [0.25, 0.3) is 0 Å². The molecule has 2 atom stereocenters. The molecule has 0 aliphatic carbocycles. The molecule has 1 aliphatic rings. The normalized spacial score (nSPS) is 19.5. The molecular formula is C16H14ClNO4. The van der Waals surface area contributed by atoms with Crippen molar-refractivity contribution < 1.29 is 14.8 Å². The van der Waals surface area contributed by atoms with Gasteiger partial charge in [0.15, 0.2) is 0 Å². The van der Waals surface area contributed by atoms with Crippen LogP contribution >= 0.6 is 11.6 Å². The van der Waals surface area contributed by atoms with Crippen molar-refractivity contribution in [2.45, 2.75) is 11.8 Å². The number of rotatable bonds is 3. The summed E-state index contributed by atoms with van der Waals surface area (Å²) in [6, 6.07) is 12.3. The Hall–Kier alpha value is -2.11. The van der Waals surface area contributed by atoms with Crippen molar-refractivity contribution in [3.05, 3.63) is 68.7 Å². The minimum Gasteiger partial charge on any atom is -0.457 e. The molecule has 0 bridgehead atoms. The molecule has 0 radical (unpaired) electrons. The predicted molar refractivity (Wildman–Crippen MR) is 82.4 cm³/mol. The quantitative estimate of drug-likeness (QED) is 0.693. The summed E-state index contributed by atoms with van der Waals surface area (Å²) in [5.74, 6) is 0.231. The third kappa shape index (κ3) is 2.65. The zero-order valence-corrected chi connectivity index (χ0v) is 12.4. The lowest BCUT2D eigenvalue weighted by Crippen LogP contribution is -2.22. The fourth-order valence-electron chi connectivity index (χ4n) is 2.95.